The molecule has 2 aromatic rings. The molecule has 0 aromatic heterocycles. The molecule has 0 aliphatic heterocycles. The highest BCUT2D eigenvalue weighted by Crippen LogP contribution is 2.35. The van der Waals surface area contributed by atoms with E-state index >= 15 is 0 Å². The highest BCUT2D eigenvalue weighted by molar-refractivity contribution is 5.34. The topological polar surface area (TPSA) is 46.2 Å². The van der Waals surface area contributed by atoms with Crippen LogP contribution < -0.4 is 5.73 Å². The maximum Gasteiger partial charge on any atom is 0.0838 e. The monoisotopic (exact) mass is 253 g/mol. The number of aliphatic hydroxyl groups excluding tert-OH is 1. The predicted octanol–water partition coefficient (Wildman–Crippen LogP) is 2.46. The molecule has 2 nitrogen and oxygen atoms in total. The summed E-state index contributed by atoms with van der Waals surface area (Å²) in [4.78, 5) is 0. The maximum absolute atomic E-state index is 10.6. The van der Waals surface area contributed by atoms with Crippen molar-refractivity contribution in [3.8, 4) is 0 Å². The molecule has 1 aliphatic carbocycles. The van der Waals surface area contributed by atoms with Crippen LogP contribution in [0.25, 0.3) is 0 Å². The summed E-state index contributed by atoms with van der Waals surface area (Å²) in [6, 6.07) is 18.4. The van der Waals surface area contributed by atoms with Gasteiger partial charge in [0.2, 0.25) is 0 Å². The minimum absolute atomic E-state index is 0.0186. The molecule has 0 fully saturated rings. The summed E-state index contributed by atoms with van der Waals surface area (Å²) in [6.45, 7) is 0. The molecule has 0 heterocycles. The van der Waals surface area contributed by atoms with Crippen LogP contribution in [0, 0.1) is 5.92 Å². The van der Waals surface area contributed by atoms with E-state index in [1.165, 1.54) is 11.1 Å². The van der Waals surface area contributed by atoms with Gasteiger partial charge < -0.3 is 10.8 Å². The van der Waals surface area contributed by atoms with Gasteiger partial charge in [0.15, 0.2) is 0 Å². The maximum atomic E-state index is 10.6. The Morgan fingerprint density at radius 2 is 1.68 bits per heavy atom. The molecule has 3 rings (SSSR count). The van der Waals surface area contributed by atoms with Gasteiger partial charge in [-0.05, 0) is 29.5 Å². The lowest BCUT2D eigenvalue weighted by Gasteiger charge is -2.35. The minimum Gasteiger partial charge on any atom is -0.388 e. The van der Waals surface area contributed by atoms with Crippen LogP contribution >= 0.6 is 0 Å². The van der Waals surface area contributed by atoms with Crippen LogP contribution in [0.5, 0.6) is 0 Å². The van der Waals surface area contributed by atoms with Crippen molar-refractivity contribution in [1.82, 2.24) is 0 Å². The summed E-state index contributed by atoms with van der Waals surface area (Å²) in [5.41, 5.74) is 9.74. The molecule has 0 bridgehead atoms. The van der Waals surface area contributed by atoms with Crippen LogP contribution in [-0.2, 0) is 12.8 Å². The third-order valence-electron chi connectivity index (χ3n) is 4.10. The van der Waals surface area contributed by atoms with Crippen molar-refractivity contribution in [2.45, 2.75) is 25.0 Å². The van der Waals surface area contributed by atoms with Gasteiger partial charge in [0.1, 0.15) is 0 Å². The fourth-order valence-corrected chi connectivity index (χ4v) is 3.03. The quantitative estimate of drug-likeness (QED) is 0.863. The first-order valence-corrected chi connectivity index (χ1v) is 6.81. The van der Waals surface area contributed by atoms with Gasteiger partial charge in [-0.25, -0.2) is 0 Å². The predicted molar refractivity (Wildman–Crippen MR) is 76.7 cm³/mol. The Morgan fingerprint density at radius 3 is 2.47 bits per heavy atom. The summed E-state index contributed by atoms with van der Waals surface area (Å²) in [7, 11) is 0. The summed E-state index contributed by atoms with van der Waals surface area (Å²) in [5.74, 6) is 0.0947. The average molecular weight is 253 g/mol. The van der Waals surface area contributed by atoms with Gasteiger partial charge in [-0.2, -0.15) is 0 Å². The van der Waals surface area contributed by atoms with E-state index in [0.29, 0.717) is 0 Å². The zero-order valence-electron chi connectivity index (χ0n) is 10.9. The molecule has 0 saturated heterocycles. The Labute approximate surface area is 113 Å². The van der Waals surface area contributed by atoms with Crippen LogP contribution in [0.15, 0.2) is 54.6 Å². The van der Waals surface area contributed by atoms with E-state index in [1.54, 1.807) is 0 Å². The Hall–Kier alpha value is -1.64. The molecule has 0 amide bonds. The first-order valence-electron chi connectivity index (χ1n) is 6.81. The molecule has 0 saturated carbocycles. The second-order valence-corrected chi connectivity index (χ2v) is 5.37. The molecule has 3 atom stereocenters. The summed E-state index contributed by atoms with van der Waals surface area (Å²) >= 11 is 0. The van der Waals surface area contributed by atoms with Crippen molar-refractivity contribution >= 4 is 0 Å². The fraction of sp³-hybridized carbons (Fsp3) is 0.294. The third-order valence-corrected chi connectivity index (χ3v) is 4.10. The lowest BCUT2D eigenvalue weighted by atomic mass is 9.75. The molecule has 0 spiro atoms. The molecule has 1 unspecified atom stereocenters. The van der Waals surface area contributed by atoms with E-state index in [-0.39, 0.29) is 12.0 Å². The fourth-order valence-electron chi connectivity index (χ4n) is 3.03. The van der Waals surface area contributed by atoms with Crippen molar-refractivity contribution < 1.29 is 5.11 Å². The number of hydrogen-bond acceptors (Lipinski definition) is 2. The van der Waals surface area contributed by atoms with Gasteiger partial charge in [-0.3, -0.25) is 0 Å². The molecule has 1 aliphatic rings. The molecule has 3 N–H and O–H groups in total. The highest BCUT2D eigenvalue weighted by Gasteiger charge is 2.33. The summed E-state index contributed by atoms with van der Waals surface area (Å²) in [6.07, 6.45) is 1.22. The van der Waals surface area contributed by atoms with Gasteiger partial charge in [0.05, 0.1) is 6.10 Å². The van der Waals surface area contributed by atoms with E-state index in [0.717, 1.165) is 18.4 Å². The minimum atomic E-state index is -0.458. The van der Waals surface area contributed by atoms with Crippen molar-refractivity contribution in [1.29, 1.82) is 0 Å². The van der Waals surface area contributed by atoms with Gasteiger partial charge in [0.25, 0.3) is 0 Å². The summed E-state index contributed by atoms with van der Waals surface area (Å²) in [5, 5.41) is 10.6. The van der Waals surface area contributed by atoms with E-state index in [4.69, 9.17) is 5.73 Å². The lowest BCUT2D eigenvalue weighted by Crippen LogP contribution is -2.41. The van der Waals surface area contributed by atoms with Gasteiger partial charge in [0, 0.05) is 12.0 Å². The average Bonchev–Trinajstić information content (AvgIpc) is 2.45. The zero-order chi connectivity index (χ0) is 13.2. The first-order chi connectivity index (χ1) is 9.25. The lowest BCUT2D eigenvalue weighted by molar-refractivity contribution is 0.0821. The smallest absolute Gasteiger partial charge is 0.0838 e. The van der Waals surface area contributed by atoms with Crippen LogP contribution in [0.3, 0.4) is 0 Å². The standard InChI is InChI=1S/C17H19NO/c18-16-11-13-8-4-5-9-14(13)17(19)15(16)10-12-6-2-1-3-7-12/h1-9,15-17,19H,10-11,18H2/t15?,16-,17+/m1/s1. The summed E-state index contributed by atoms with van der Waals surface area (Å²) < 4.78 is 0. The number of fused-ring (bicyclic) bond motifs is 1. The molecular formula is C17H19NO. The van der Waals surface area contributed by atoms with Crippen LogP contribution in [0.2, 0.25) is 0 Å². The van der Waals surface area contributed by atoms with Gasteiger partial charge >= 0.3 is 0 Å². The second-order valence-electron chi connectivity index (χ2n) is 5.37. The van der Waals surface area contributed by atoms with Crippen molar-refractivity contribution in [3.05, 3.63) is 71.3 Å². The first kappa shape index (κ1) is 12.4. The Bertz CT molecular complexity index is 552. The van der Waals surface area contributed by atoms with Gasteiger partial charge in [-0.1, -0.05) is 54.6 Å². The number of aliphatic hydroxyl groups is 1. The van der Waals surface area contributed by atoms with Crippen molar-refractivity contribution in [3.63, 3.8) is 0 Å². The zero-order valence-corrected chi connectivity index (χ0v) is 10.9. The van der Waals surface area contributed by atoms with Crippen LogP contribution in [-0.4, -0.2) is 11.1 Å². The molecule has 2 aromatic carbocycles. The van der Waals surface area contributed by atoms with Crippen LogP contribution in [0.4, 0.5) is 0 Å². The van der Waals surface area contributed by atoms with Crippen molar-refractivity contribution in [2.24, 2.45) is 11.7 Å². The van der Waals surface area contributed by atoms with Gasteiger partial charge in [-0.15, -0.1) is 0 Å². The number of benzene rings is 2. The molecule has 2 heteroatoms. The Morgan fingerprint density at radius 1 is 1.00 bits per heavy atom. The van der Waals surface area contributed by atoms with E-state index < -0.39 is 6.10 Å². The third kappa shape index (κ3) is 2.42. The molecule has 19 heavy (non-hydrogen) atoms. The Balaban J connectivity index is 1.87. The SMILES string of the molecule is N[C@@H]1Cc2ccccc2[C@H](O)C1Cc1ccccc1. The van der Waals surface area contributed by atoms with Crippen molar-refractivity contribution in [2.75, 3.05) is 0 Å². The van der Waals surface area contributed by atoms with E-state index in [2.05, 4.69) is 18.2 Å². The van der Waals surface area contributed by atoms with E-state index in [1.807, 2.05) is 36.4 Å². The molecule has 0 radical (unpaired) electrons. The number of nitrogens with two attached hydrogens (primary N) is 1. The number of rotatable bonds is 2. The number of hydrogen-bond donors (Lipinski definition) is 2. The molecule has 98 valence electrons. The second kappa shape index (κ2) is 5.16. The molecular weight excluding hydrogens is 234 g/mol. The normalized spacial score (nSPS) is 25.9. The van der Waals surface area contributed by atoms with Crippen LogP contribution in [0.1, 0.15) is 22.8 Å². The highest BCUT2D eigenvalue weighted by atomic mass is 16.3. The Kier molecular flexibility index (Phi) is 3.36. The largest absolute Gasteiger partial charge is 0.388 e. The van der Waals surface area contributed by atoms with E-state index in [9.17, 15) is 5.11 Å².